The van der Waals surface area contributed by atoms with Crippen molar-refractivity contribution in [3.05, 3.63) is 0 Å². The lowest BCUT2D eigenvalue weighted by Gasteiger charge is -2.10. The van der Waals surface area contributed by atoms with E-state index >= 15 is 0 Å². The van der Waals surface area contributed by atoms with Gasteiger partial charge in [0.05, 0.1) is 0 Å². The quantitative estimate of drug-likeness (QED) is 0.422. The monoisotopic (exact) mass is 137 g/mol. The SMILES string of the molecule is CN(C)SP(C)C. The zero-order valence-corrected chi connectivity index (χ0v) is 7.01. The number of nitrogens with zero attached hydrogens (tertiary/aromatic N) is 1. The fourth-order valence-electron chi connectivity index (χ4n) is 0.327. The summed E-state index contributed by atoms with van der Waals surface area (Å²) >= 11 is 1.91. The van der Waals surface area contributed by atoms with E-state index in [9.17, 15) is 0 Å². The van der Waals surface area contributed by atoms with Gasteiger partial charge in [-0.2, -0.15) is 0 Å². The Morgan fingerprint density at radius 2 is 1.71 bits per heavy atom. The van der Waals surface area contributed by atoms with Crippen molar-refractivity contribution in [2.24, 2.45) is 0 Å². The smallest absolute Gasteiger partial charge is 0.00254 e. The van der Waals surface area contributed by atoms with Crippen LogP contribution in [0.2, 0.25) is 0 Å². The molecule has 0 rings (SSSR count). The summed E-state index contributed by atoms with van der Waals surface area (Å²) in [5.41, 5.74) is 0. The van der Waals surface area contributed by atoms with Crippen molar-refractivity contribution < 1.29 is 0 Å². The summed E-state index contributed by atoms with van der Waals surface area (Å²) in [5.74, 6) is 0. The highest BCUT2D eigenvalue weighted by atomic mass is 32.7. The van der Waals surface area contributed by atoms with Crippen molar-refractivity contribution in [1.82, 2.24) is 4.31 Å². The predicted molar refractivity (Wildman–Crippen MR) is 40.0 cm³/mol. The van der Waals surface area contributed by atoms with Gasteiger partial charge < -0.3 is 0 Å². The molecule has 1 nitrogen and oxygen atoms in total. The maximum Gasteiger partial charge on any atom is -0.00254 e. The van der Waals surface area contributed by atoms with Crippen LogP contribution >= 0.6 is 18.7 Å². The Morgan fingerprint density at radius 3 is 1.71 bits per heavy atom. The van der Waals surface area contributed by atoms with Crippen LogP contribution in [0.5, 0.6) is 0 Å². The molecule has 0 spiro atoms. The van der Waals surface area contributed by atoms with Gasteiger partial charge in [0.2, 0.25) is 0 Å². The summed E-state index contributed by atoms with van der Waals surface area (Å²) in [5, 5.41) is 0. The molecular weight excluding hydrogens is 125 g/mol. The second-order valence-corrected chi connectivity index (χ2v) is 6.91. The summed E-state index contributed by atoms with van der Waals surface area (Å²) in [7, 11) is 4.36. The average Bonchev–Trinajstić information content (AvgIpc) is 1.27. The fraction of sp³-hybridized carbons (Fsp3) is 1.00. The lowest BCUT2D eigenvalue weighted by molar-refractivity contribution is 0.711. The Bertz CT molecular complexity index is 41.0. The molecule has 0 aliphatic heterocycles. The van der Waals surface area contributed by atoms with E-state index in [-0.39, 0.29) is 7.12 Å². The second kappa shape index (κ2) is 3.71. The third-order valence-electron chi connectivity index (χ3n) is 0.327. The van der Waals surface area contributed by atoms with Gasteiger partial charge in [0.1, 0.15) is 0 Å². The zero-order chi connectivity index (χ0) is 5.86. The first-order valence-electron chi connectivity index (χ1n) is 2.15. The van der Waals surface area contributed by atoms with Crippen LogP contribution in [-0.4, -0.2) is 31.7 Å². The number of hydrogen-bond donors (Lipinski definition) is 0. The van der Waals surface area contributed by atoms with E-state index in [0.717, 1.165) is 0 Å². The Kier molecular flexibility index (Phi) is 4.10. The van der Waals surface area contributed by atoms with Gasteiger partial charge in [-0.1, -0.05) is 11.6 Å². The fourth-order valence-corrected chi connectivity index (χ4v) is 2.94. The highest BCUT2D eigenvalue weighted by Crippen LogP contribution is 2.42. The van der Waals surface area contributed by atoms with Gasteiger partial charge >= 0.3 is 0 Å². The molecule has 0 N–H and O–H groups in total. The van der Waals surface area contributed by atoms with Gasteiger partial charge in [-0.25, -0.2) is 0 Å². The van der Waals surface area contributed by atoms with Crippen molar-refractivity contribution in [3.8, 4) is 0 Å². The zero-order valence-electron chi connectivity index (χ0n) is 5.30. The highest BCUT2D eigenvalue weighted by Gasteiger charge is 1.92. The maximum atomic E-state index is 2.25. The van der Waals surface area contributed by atoms with Crippen LogP contribution in [0.4, 0.5) is 0 Å². The molecule has 0 bridgehead atoms. The predicted octanol–water partition coefficient (Wildman–Crippen LogP) is 1.85. The van der Waals surface area contributed by atoms with E-state index in [1.807, 2.05) is 11.6 Å². The lowest BCUT2D eigenvalue weighted by atomic mass is 11.3. The van der Waals surface area contributed by atoms with Crippen LogP contribution < -0.4 is 0 Å². The molecule has 0 aromatic heterocycles. The van der Waals surface area contributed by atoms with Crippen molar-refractivity contribution in [2.45, 2.75) is 0 Å². The summed E-state index contributed by atoms with van der Waals surface area (Å²) in [6.07, 6.45) is 0. The third kappa shape index (κ3) is 6.74. The van der Waals surface area contributed by atoms with E-state index < -0.39 is 0 Å². The molecule has 0 radical (unpaired) electrons. The van der Waals surface area contributed by atoms with Crippen molar-refractivity contribution in [2.75, 3.05) is 27.4 Å². The van der Waals surface area contributed by atoms with Crippen LogP contribution in [0.25, 0.3) is 0 Å². The molecule has 0 aliphatic carbocycles. The standard InChI is InChI=1S/C4H12NPS/c1-5(2)7-6(3)4/h1-4H3. The van der Waals surface area contributed by atoms with Gasteiger partial charge in [0, 0.05) is 0 Å². The van der Waals surface area contributed by atoms with Crippen LogP contribution in [0.3, 0.4) is 0 Å². The molecular formula is C4H12NPS. The molecule has 0 fully saturated rings. The largest absolute Gasteiger partial charge is 0.253 e. The van der Waals surface area contributed by atoms with Gasteiger partial charge in [-0.15, -0.1) is 0 Å². The van der Waals surface area contributed by atoms with Crippen LogP contribution in [0.15, 0.2) is 0 Å². The number of hydrogen-bond acceptors (Lipinski definition) is 2. The summed E-state index contributed by atoms with van der Waals surface area (Å²) in [4.78, 5) is 0. The molecule has 0 aliphatic rings. The molecule has 0 aromatic carbocycles. The Morgan fingerprint density at radius 1 is 1.29 bits per heavy atom. The van der Waals surface area contributed by atoms with E-state index in [4.69, 9.17) is 0 Å². The molecule has 0 saturated heterocycles. The first kappa shape index (κ1) is 7.74. The second-order valence-electron chi connectivity index (χ2n) is 1.71. The van der Waals surface area contributed by atoms with Gasteiger partial charge in [-0.05, 0) is 34.5 Å². The minimum absolute atomic E-state index is 0.203. The maximum absolute atomic E-state index is 2.25. The minimum atomic E-state index is 0.203. The lowest BCUT2D eigenvalue weighted by Crippen LogP contribution is -1.96. The minimum Gasteiger partial charge on any atom is -0.253 e. The normalized spacial score (nSPS) is 11.1. The molecule has 0 aromatic rings. The van der Waals surface area contributed by atoms with Gasteiger partial charge in [0.15, 0.2) is 0 Å². The topological polar surface area (TPSA) is 3.24 Å². The van der Waals surface area contributed by atoms with Gasteiger partial charge in [0.25, 0.3) is 0 Å². The molecule has 3 heteroatoms. The molecule has 0 heterocycles. The van der Waals surface area contributed by atoms with E-state index in [0.29, 0.717) is 0 Å². The first-order chi connectivity index (χ1) is 3.13. The molecule has 0 unspecified atom stereocenters. The summed E-state index contributed by atoms with van der Waals surface area (Å²) in [6.45, 7) is 4.50. The van der Waals surface area contributed by atoms with Gasteiger partial charge in [-0.3, -0.25) is 4.31 Å². The highest BCUT2D eigenvalue weighted by molar-refractivity contribution is 8.54. The van der Waals surface area contributed by atoms with Crippen molar-refractivity contribution in [3.63, 3.8) is 0 Å². The van der Waals surface area contributed by atoms with E-state index in [2.05, 4.69) is 31.7 Å². The van der Waals surface area contributed by atoms with E-state index in [1.54, 1.807) is 0 Å². The molecule has 7 heavy (non-hydrogen) atoms. The molecule has 44 valence electrons. The Hall–Kier alpha value is 0.740. The van der Waals surface area contributed by atoms with E-state index in [1.165, 1.54) is 0 Å². The Balaban J connectivity index is 2.95. The molecule has 0 amide bonds. The van der Waals surface area contributed by atoms with Crippen LogP contribution in [0, 0.1) is 0 Å². The molecule has 0 saturated carbocycles. The molecule has 0 atom stereocenters. The van der Waals surface area contributed by atoms with Crippen molar-refractivity contribution in [1.29, 1.82) is 0 Å². The van der Waals surface area contributed by atoms with Crippen LogP contribution in [-0.2, 0) is 0 Å². The summed E-state index contributed by atoms with van der Waals surface area (Å²) < 4.78 is 2.14. The average molecular weight is 137 g/mol. The van der Waals surface area contributed by atoms with Crippen molar-refractivity contribution >= 4 is 18.7 Å². The summed E-state index contributed by atoms with van der Waals surface area (Å²) in [6, 6.07) is 0. The first-order valence-corrected chi connectivity index (χ1v) is 5.77. The van der Waals surface area contributed by atoms with Crippen LogP contribution in [0.1, 0.15) is 0 Å². The third-order valence-corrected chi connectivity index (χ3v) is 2.94. The Labute approximate surface area is 51.1 Å². The number of rotatable bonds is 2.